The molecule has 1 rings (SSSR count). The van der Waals surface area contributed by atoms with Gasteiger partial charge in [-0.15, -0.1) is 0 Å². The summed E-state index contributed by atoms with van der Waals surface area (Å²) in [5.41, 5.74) is 6.09. The SMILES string of the molecule is CCCCNC(=O)CS(=O)c1cc(Cl)ccc1N. The maximum Gasteiger partial charge on any atom is 0.233 e. The van der Waals surface area contributed by atoms with E-state index in [4.69, 9.17) is 17.3 Å². The van der Waals surface area contributed by atoms with Crippen LogP contribution in [0.3, 0.4) is 0 Å². The van der Waals surface area contributed by atoms with Gasteiger partial charge >= 0.3 is 0 Å². The number of benzene rings is 1. The Hall–Kier alpha value is -1.07. The van der Waals surface area contributed by atoms with E-state index in [0.717, 1.165) is 12.8 Å². The fraction of sp³-hybridized carbons (Fsp3) is 0.417. The van der Waals surface area contributed by atoms with Crippen LogP contribution >= 0.6 is 11.6 Å². The van der Waals surface area contributed by atoms with Gasteiger partial charge in [0, 0.05) is 17.3 Å². The molecule has 1 aromatic carbocycles. The van der Waals surface area contributed by atoms with Gasteiger partial charge in [-0.3, -0.25) is 9.00 Å². The molecule has 0 saturated carbocycles. The van der Waals surface area contributed by atoms with Crippen LogP contribution < -0.4 is 11.1 Å². The first-order valence-electron chi connectivity index (χ1n) is 5.74. The number of rotatable bonds is 6. The number of nitrogens with two attached hydrogens (primary N) is 1. The summed E-state index contributed by atoms with van der Waals surface area (Å²) in [4.78, 5) is 11.9. The molecular formula is C12H17ClN2O2S. The van der Waals surface area contributed by atoms with Crippen molar-refractivity contribution in [2.45, 2.75) is 24.7 Å². The van der Waals surface area contributed by atoms with Gasteiger partial charge in [0.05, 0.1) is 15.7 Å². The lowest BCUT2D eigenvalue weighted by Crippen LogP contribution is -2.29. The van der Waals surface area contributed by atoms with Crippen LogP contribution in [0.2, 0.25) is 5.02 Å². The lowest BCUT2D eigenvalue weighted by Gasteiger charge is -2.07. The summed E-state index contributed by atoms with van der Waals surface area (Å²) < 4.78 is 12.0. The molecule has 0 aliphatic rings. The minimum Gasteiger partial charge on any atom is -0.398 e. The number of nitrogen functional groups attached to an aromatic ring is 1. The highest BCUT2D eigenvalue weighted by Crippen LogP contribution is 2.21. The third-order valence-electron chi connectivity index (χ3n) is 2.34. The van der Waals surface area contributed by atoms with E-state index in [1.165, 1.54) is 6.07 Å². The number of hydrogen-bond acceptors (Lipinski definition) is 3. The third kappa shape index (κ3) is 4.66. The number of carbonyl (C=O) groups excluding carboxylic acids is 1. The minimum absolute atomic E-state index is 0.0890. The molecule has 1 amide bonds. The van der Waals surface area contributed by atoms with Gasteiger partial charge in [-0.25, -0.2) is 0 Å². The van der Waals surface area contributed by atoms with Crippen LogP contribution in [0.4, 0.5) is 5.69 Å². The molecule has 100 valence electrons. The van der Waals surface area contributed by atoms with Crippen LogP contribution in [0.15, 0.2) is 23.1 Å². The molecule has 4 nitrogen and oxygen atoms in total. The highest BCUT2D eigenvalue weighted by atomic mass is 35.5. The van der Waals surface area contributed by atoms with E-state index >= 15 is 0 Å². The van der Waals surface area contributed by atoms with Crippen LogP contribution in [0.25, 0.3) is 0 Å². The van der Waals surface area contributed by atoms with E-state index in [2.05, 4.69) is 5.32 Å². The molecular weight excluding hydrogens is 272 g/mol. The van der Waals surface area contributed by atoms with Gasteiger partial charge in [-0.1, -0.05) is 24.9 Å². The van der Waals surface area contributed by atoms with Gasteiger partial charge in [0.1, 0.15) is 5.75 Å². The molecule has 0 saturated heterocycles. The summed E-state index contributed by atoms with van der Waals surface area (Å²) in [5.74, 6) is -0.324. The molecule has 1 aromatic rings. The number of anilines is 1. The first-order chi connectivity index (χ1) is 8.54. The Morgan fingerprint density at radius 2 is 2.22 bits per heavy atom. The van der Waals surface area contributed by atoms with E-state index in [0.29, 0.717) is 22.2 Å². The van der Waals surface area contributed by atoms with E-state index in [9.17, 15) is 9.00 Å². The number of halogens is 1. The number of nitrogens with one attached hydrogen (secondary N) is 1. The fourth-order valence-electron chi connectivity index (χ4n) is 1.36. The van der Waals surface area contributed by atoms with Crippen LogP contribution in [0.1, 0.15) is 19.8 Å². The quantitative estimate of drug-likeness (QED) is 0.621. The van der Waals surface area contributed by atoms with Crippen molar-refractivity contribution in [3.05, 3.63) is 23.2 Å². The highest BCUT2D eigenvalue weighted by molar-refractivity contribution is 7.86. The second kappa shape index (κ2) is 7.38. The number of hydrogen-bond donors (Lipinski definition) is 2. The summed E-state index contributed by atoms with van der Waals surface area (Å²) in [6.45, 7) is 2.65. The topological polar surface area (TPSA) is 72.2 Å². The van der Waals surface area contributed by atoms with E-state index < -0.39 is 10.8 Å². The first-order valence-corrected chi connectivity index (χ1v) is 7.44. The van der Waals surface area contributed by atoms with Crippen molar-refractivity contribution >= 4 is 34.0 Å². The Morgan fingerprint density at radius 3 is 2.89 bits per heavy atom. The van der Waals surface area contributed by atoms with Crippen molar-refractivity contribution in [1.29, 1.82) is 0 Å². The van der Waals surface area contributed by atoms with Crippen LogP contribution in [-0.2, 0) is 15.6 Å². The predicted molar refractivity (Wildman–Crippen MR) is 75.1 cm³/mol. The smallest absolute Gasteiger partial charge is 0.233 e. The summed E-state index contributed by atoms with van der Waals surface area (Å²) in [5, 5.41) is 3.17. The van der Waals surface area contributed by atoms with E-state index in [-0.39, 0.29) is 11.7 Å². The van der Waals surface area contributed by atoms with Gasteiger partial charge in [-0.05, 0) is 24.6 Å². The van der Waals surface area contributed by atoms with Gasteiger partial charge in [0.2, 0.25) is 5.91 Å². The second-order valence-corrected chi connectivity index (χ2v) is 5.73. The summed E-state index contributed by atoms with van der Waals surface area (Å²) >= 11 is 5.81. The normalized spacial score (nSPS) is 12.1. The number of unbranched alkanes of at least 4 members (excludes halogenated alkanes) is 1. The predicted octanol–water partition coefficient (Wildman–Crippen LogP) is 1.95. The molecule has 0 aromatic heterocycles. The molecule has 0 heterocycles. The fourth-order valence-corrected chi connectivity index (χ4v) is 2.68. The van der Waals surface area contributed by atoms with Crippen LogP contribution in [0.5, 0.6) is 0 Å². The first kappa shape index (κ1) is 15.0. The molecule has 0 bridgehead atoms. The van der Waals surface area contributed by atoms with Gasteiger partial charge in [0.15, 0.2) is 0 Å². The van der Waals surface area contributed by atoms with Gasteiger partial charge < -0.3 is 11.1 Å². The largest absolute Gasteiger partial charge is 0.398 e. The Labute approximate surface area is 114 Å². The molecule has 6 heteroatoms. The number of carbonyl (C=O) groups is 1. The highest BCUT2D eigenvalue weighted by Gasteiger charge is 2.13. The van der Waals surface area contributed by atoms with Gasteiger partial charge in [0.25, 0.3) is 0 Å². The maximum atomic E-state index is 12.0. The van der Waals surface area contributed by atoms with E-state index in [1.54, 1.807) is 12.1 Å². The van der Waals surface area contributed by atoms with Crippen molar-refractivity contribution in [2.24, 2.45) is 0 Å². The van der Waals surface area contributed by atoms with Crippen LogP contribution in [-0.4, -0.2) is 22.4 Å². The Balaban J connectivity index is 2.59. The zero-order valence-electron chi connectivity index (χ0n) is 10.2. The molecule has 1 unspecified atom stereocenters. The Morgan fingerprint density at radius 1 is 1.50 bits per heavy atom. The Kier molecular flexibility index (Phi) is 6.15. The number of amides is 1. The van der Waals surface area contributed by atoms with Crippen LogP contribution in [0, 0.1) is 0 Å². The molecule has 0 spiro atoms. The minimum atomic E-state index is -1.46. The summed E-state index contributed by atoms with van der Waals surface area (Å²) in [7, 11) is -1.46. The Bertz CT molecular complexity index is 452. The van der Waals surface area contributed by atoms with E-state index in [1.807, 2.05) is 6.92 Å². The molecule has 18 heavy (non-hydrogen) atoms. The van der Waals surface area contributed by atoms with Crippen molar-refractivity contribution in [2.75, 3.05) is 18.0 Å². The molecule has 3 N–H and O–H groups in total. The lowest BCUT2D eigenvalue weighted by atomic mass is 10.3. The summed E-state index contributed by atoms with van der Waals surface area (Å²) in [6, 6.07) is 4.75. The molecule has 0 aliphatic carbocycles. The van der Waals surface area contributed by atoms with Crippen molar-refractivity contribution in [3.63, 3.8) is 0 Å². The zero-order chi connectivity index (χ0) is 13.5. The van der Waals surface area contributed by atoms with Gasteiger partial charge in [-0.2, -0.15) is 0 Å². The van der Waals surface area contributed by atoms with Crippen molar-refractivity contribution in [1.82, 2.24) is 5.32 Å². The van der Waals surface area contributed by atoms with Crippen molar-refractivity contribution < 1.29 is 9.00 Å². The molecule has 1 atom stereocenters. The molecule has 0 radical (unpaired) electrons. The average molecular weight is 289 g/mol. The maximum absolute atomic E-state index is 12.0. The standard InChI is InChI=1S/C12H17ClN2O2S/c1-2-3-6-15-12(16)8-18(17)11-7-9(13)4-5-10(11)14/h4-5,7H,2-3,6,8,14H2,1H3,(H,15,16). The average Bonchev–Trinajstić information content (AvgIpc) is 2.32. The monoisotopic (exact) mass is 288 g/mol. The molecule has 0 aliphatic heterocycles. The third-order valence-corrected chi connectivity index (χ3v) is 3.94. The second-order valence-electron chi connectivity index (χ2n) is 3.88. The summed E-state index contributed by atoms with van der Waals surface area (Å²) in [6.07, 6.45) is 1.92. The molecule has 0 fully saturated rings. The van der Waals surface area contributed by atoms with Crippen molar-refractivity contribution in [3.8, 4) is 0 Å². The lowest BCUT2D eigenvalue weighted by molar-refractivity contribution is -0.118. The zero-order valence-corrected chi connectivity index (χ0v) is 11.8.